The molecule has 0 aliphatic heterocycles. The summed E-state index contributed by atoms with van der Waals surface area (Å²) in [6, 6.07) is 4.02. The smallest absolute Gasteiger partial charge is 0.378 e. The third kappa shape index (κ3) is 8.99. The molecule has 0 heterocycles. The second-order valence-corrected chi connectivity index (χ2v) is 7.63. The first kappa shape index (κ1) is 24.5. The van der Waals surface area contributed by atoms with Crippen LogP contribution in [0.4, 0.5) is 13.2 Å². The molecule has 1 unspecified atom stereocenters. The van der Waals surface area contributed by atoms with E-state index in [0.29, 0.717) is 5.56 Å². The van der Waals surface area contributed by atoms with Gasteiger partial charge in [-0.2, -0.15) is 18.4 Å². The number of carbonyl (C=O) groups excluding carboxylic acids is 1. The predicted octanol–water partition coefficient (Wildman–Crippen LogP) is 3.06. The van der Waals surface area contributed by atoms with Crippen molar-refractivity contribution >= 4 is 5.91 Å². The fraction of sp³-hybridized carbons (Fsp3) is 0.524. The summed E-state index contributed by atoms with van der Waals surface area (Å²) in [6.07, 6.45) is -4.45. The molecule has 0 bridgehead atoms. The van der Waals surface area contributed by atoms with E-state index < -0.39 is 29.8 Å². The number of benzene rings is 1. The maximum atomic E-state index is 13.7. The predicted molar refractivity (Wildman–Crippen MR) is 103 cm³/mol. The first-order chi connectivity index (χ1) is 13.3. The minimum absolute atomic E-state index is 0.0336. The molecule has 29 heavy (non-hydrogen) atoms. The van der Waals surface area contributed by atoms with Gasteiger partial charge < -0.3 is 10.4 Å². The second-order valence-electron chi connectivity index (χ2n) is 7.63. The van der Waals surface area contributed by atoms with Crippen molar-refractivity contribution in [2.45, 2.75) is 58.0 Å². The fourth-order valence-corrected chi connectivity index (χ4v) is 2.54. The lowest BCUT2D eigenvalue weighted by molar-refractivity contribution is -0.161. The van der Waals surface area contributed by atoms with Crippen LogP contribution in [0, 0.1) is 29.1 Å². The Balaban J connectivity index is 3.13. The molecule has 0 aliphatic carbocycles. The summed E-state index contributed by atoms with van der Waals surface area (Å²) in [6.45, 7) is 6.32. The van der Waals surface area contributed by atoms with Gasteiger partial charge in [0.15, 0.2) is 0 Å². The van der Waals surface area contributed by atoms with Crippen molar-refractivity contribution in [1.82, 2.24) is 10.6 Å². The lowest BCUT2D eigenvalue weighted by Gasteiger charge is -2.28. The lowest BCUT2D eigenvalue weighted by atomic mass is 9.99. The van der Waals surface area contributed by atoms with E-state index >= 15 is 0 Å². The fourth-order valence-electron chi connectivity index (χ4n) is 2.54. The van der Waals surface area contributed by atoms with Crippen LogP contribution in [0.1, 0.15) is 51.3 Å². The van der Waals surface area contributed by atoms with Crippen LogP contribution in [-0.2, 0) is 4.79 Å². The highest BCUT2D eigenvalue weighted by Gasteiger charge is 2.42. The maximum Gasteiger partial charge on any atom is 0.407 e. The van der Waals surface area contributed by atoms with Crippen LogP contribution < -0.4 is 10.6 Å². The van der Waals surface area contributed by atoms with Gasteiger partial charge in [-0.05, 0) is 43.9 Å². The minimum Gasteiger partial charge on any atom is -0.378 e. The molecular formula is C21H26F3N3O2. The van der Waals surface area contributed by atoms with Crippen molar-refractivity contribution in [2.24, 2.45) is 5.92 Å². The quantitative estimate of drug-likeness (QED) is 0.477. The molecule has 0 spiro atoms. The SMILES string of the molecule is CC(C)C[C@H](NC(c1ccc(C#CC(C)(C)O)cc1)C(F)(F)F)C(=O)NCC#N. The highest BCUT2D eigenvalue weighted by molar-refractivity contribution is 5.82. The Bertz CT molecular complexity index is 779. The third-order valence-corrected chi connectivity index (χ3v) is 3.82. The Morgan fingerprint density at radius 3 is 2.24 bits per heavy atom. The van der Waals surface area contributed by atoms with E-state index in [9.17, 15) is 23.1 Å². The van der Waals surface area contributed by atoms with Crippen molar-refractivity contribution in [2.75, 3.05) is 6.54 Å². The Morgan fingerprint density at radius 2 is 1.79 bits per heavy atom. The van der Waals surface area contributed by atoms with E-state index in [2.05, 4.69) is 22.5 Å². The largest absolute Gasteiger partial charge is 0.407 e. The summed E-state index contributed by atoms with van der Waals surface area (Å²) in [5, 5.41) is 22.9. The van der Waals surface area contributed by atoms with Gasteiger partial charge in [-0.25, -0.2) is 0 Å². The van der Waals surface area contributed by atoms with Gasteiger partial charge in [-0.3, -0.25) is 10.1 Å². The zero-order valence-electron chi connectivity index (χ0n) is 16.9. The molecule has 0 fully saturated rings. The van der Waals surface area contributed by atoms with Crippen LogP contribution in [0.2, 0.25) is 0 Å². The van der Waals surface area contributed by atoms with Crippen LogP contribution in [0.3, 0.4) is 0 Å². The van der Waals surface area contributed by atoms with E-state index in [-0.39, 0.29) is 24.4 Å². The van der Waals surface area contributed by atoms with Gasteiger partial charge in [-0.15, -0.1) is 0 Å². The van der Waals surface area contributed by atoms with Crippen molar-refractivity contribution in [3.05, 3.63) is 35.4 Å². The number of carbonyl (C=O) groups is 1. The standard InChI is InChI=1S/C21H26F3N3O2/c1-14(2)13-17(19(28)26-12-11-25)27-18(21(22,23)24)16-7-5-15(6-8-16)9-10-20(3,4)29/h5-8,14,17-18,27,29H,12-13H2,1-4H3,(H,26,28)/t17-,18?/m0/s1. The number of nitriles is 1. The Morgan fingerprint density at radius 1 is 1.21 bits per heavy atom. The summed E-state index contributed by atoms with van der Waals surface area (Å²) < 4.78 is 41.1. The molecule has 0 aromatic heterocycles. The van der Waals surface area contributed by atoms with Gasteiger partial charge in [0.2, 0.25) is 5.91 Å². The lowest BCUT2D eigenvalue weighted by Crippen LogP contribution is -2.49. The van der Waals surface area contributed by atoms with Gasteiger partial charge in [0.25, 0.3) is 0 Å². The molecule has 1 aromatic rings. The molecule has 1 aromatic carbocycles. The Kier molecular flexibility index (Phi) is 8.69. The molecule has 0 aliphatic rings. The third-order valence-electron chi connectivity index (χ3n) is 3.82. The van der Waals surface area contributed by atoms with Gasteiger partial charge in [0.05, 0.1) is 12.1 Å². The molecular weight excluding hydrogens is 383 g/mol. The summed E-state index contributed by atoms with van der Waals surface area (Å²) in [4.78, 5) is 12.2. The number of nitrogens with zero attached hydrogens (tertiary/aromatic N) is 1. The number of rotatable bonds is 7. The number of nitrogens with one attached hydrogen (secondary N) is 2. The topological polar surface area (TPSA) is 85.2 Å². The molecule has 1 rings (SSSR count). The molecule has 0 saturated carbocycles. The van der Waals surface area contributed by atoms with E-state index in [0.717, 1.165) is 0 Å². The highest BCUT2D eigenvalue weighted by atomic mass is 19.4. The molecule has 0 radical (unpaired) electrons. The number of alkyl halides is 3. The molecule has 0 saturated heterocycles. The average molecular weight is 409 g/mol. The van der Waals surface area contributed by atoms with Crippen LogP contribution in [0.15, 0.2) is 24.3 Å². The normalized spacial score (nSPS) is 13.8. The number of aliphatic hydroxyl groups is 1. The summed E-state index contributed by atoms with van der Waals surface area (Å²) in [7, 11) is 0. The number of halogens is 3. The van der Waals surface area contributed by atoms with Gasteiger partial charge >= 0.3 is 6.18 Å². The monoisotopic (exact) mass is 409 g/mol. The molecule has 3 N–H and O–H groups in total. The second kappa shape index (κ2) is 10.3. The Hall–Kier alpha value is -2.55. The molecule has 2 atom stereocenters. The zero-order valence-corrected chi connectivity index (χ0v) is 16.9. The van der Waals surface area contributed by atoms with Crippen molar-refractivity contribution in [3.63, 3.8) is 0 Å². The maximum absolute atomic E-state index is 13.7. The number of hydrogen-bond donors (Lipinski definition) is 3. The number of hydrogen-bond acceptors (Lipinski definition) is 4. The minimum atomic E-state index is -4.63. The van der Waals surface area contributed by atoms with Crippen molar-refractivity contribution in [3.8, 4) is 17.9 Å². The first-order valence-electron chi connectivity index (χ1n) is 9.16. The summed E-state index contributed by atoms with van der Waals surface area (Å²) in [5.41, 5.74) is -0.814. The zero-order chi connectivity index (χ0) is 22.2. The first-order valence-corrected chi connectivity index (χ1v) is 9.16. The van der Waals surface area contributed by atoms with E-state index in [1.165, 1.54) is 38.1 Å². The van der Waals surface area contributed by atoms with Crippen molar-refractivity contribution in [1.29, 1.82) is 5.26 Å². The van der Waals surface area contributed by atoms with E-state index in [1.807, 2.05) is 0 Å². The molecule has 5 nitrogen and oxygen atoms in total. The van der Waals surface area contributed by atoms with Gasteiger partial charge in [-0.1, -0.05) is 37.8 Å². The van der Waals surface area contributed by atoms with Crippen LogP contribution in [0.25, 0.3) is 0 Å². The molecule has 8 heteroatoms. The van der Waals surface area contributed by atoms with Gasteiger partial charge in [0.1, 0.15) is 18.2 Å². The Labute approximate surface area is 169 Å². The summed E-state index contributed by atoms with van der Waals surface area (Å²) >= 11 is 0. The summed E-state index contributed by atoms with van der Waals surface area (Å²) in [5.74, 6) is 4.61. The van der Waals surface area contributed by atoms with Crippen LogP contribution in [-0.4, -0.2) is 35.4 Å². The highest BCUT2D eigenvalue weighted by Crippen LogP contribution is 2.33. The van der Waals surface area contributed by atoms with Crippen molar-refractivity contribution < 1.29 is 23.1 Å². The number of amides is 1. The van der Waals surface area contributed by atoms with Crippen LogP contribution in [0.5, 0.6) is 0 Å². The molecule has 158 valence electrons. The van der Waals surface area contributed by atoms with Gasteiger partial charge in [0, 0.05) is 5.56 Å². The molecule has 1 amide bonds. The average Bonchev–Trinajstić information content (AvgIpc) is 2.60. The van der Waals surface area contributed by atoms with E-state index in [1.54, 1.807) is 19.9 Å². The van der Waals surface area contributed by atoms with E-state index in [4.69, 9.17) is 5.26 Å². The van der Waals surface area contributed by atoms with Crippen LogP contribution >= 0.6 is 0 Å².